The fourth-order valence-corrected chi connectivity index (χ4v) is 1.23. The number of hydrogen-bond acceptors (Lipinski definition) is 7. The Kier molecular flexibility index (Phi) is 5.81. The highest BCUT2D eigenvalue weighted by Crippen LogP contribution is 2.11. The molecule has 1 rings (SSSR count). The average Bonchev–Trinajstić information content (AvgIpc) is 2.35. The van der Waals surface area contributed by atoms with Gasteiger partial charge in [0.25, 0.3) is 0 Å². The van der Waals surface area contributed by atoms with Crippen molar-refractivity contribution in [3.8, 4) is 0 Å². The monoisotopic (exact) mass is 254 g/mol. The molecule has 1 aromatic heterocycles. The maximum absolute atomic E-state index is 10.6. The smallest absolute Gasteiger partial charge is 0.219 e. The standard InChI is InChI=1S/C10H18N6O2/c1-2-18-6-10-14-8(5-9(15-10)16-12)13-4-3-7(11)17/h5H,2-4,6,12H2,1H3,(H2,11,17)(H2,13,14,15,16). The number of carbonyl (C=O) groups excluding carboxylic acids is 1. The van der Waals surface area contributed by atoms with Gasteiger partial charge in [-0.25, -0.2) is 15.8 Å². The van der Waals surface area contributed by atoms with E-state index in [4.69, 9.17) is 16.3 Å². The summed E-state index contributed by atoms with van der Waals surface area (Å²) in [4.78, 5) is 19.0. The molecule has 1 amide bonds. The van der Waals surface area contributed by atoms with Crippen LogP contribution in [0.5, 0.6) is 0 Å². The van der Waals surface area contributed by atoms with E-state index in [1.807, 2.05) is 6.92 Å². The minimum atomic E-state index is -0.372. The Labute approximate surface area is 105 Å². The zero-order chi connectivity index (χ0) is 13.4. The number of rotatable bonds is 8. The van der Waals surface area contributed by atoms with E-state index in [1.165, 1.54) is 0 Å². The van der Waals surface area contributed by atoms with Crippen molar-refractivity contribution in [2.45, 2.75) is 20.0 Å². The molecule has 1 aromatic rings. The van der Waals surface area contributed by atoms with Crippen molar-refractivity contribution in [3.63, 3.8) is 0 Å². The number of nitrogens with two attached hydrogens (primary N) is 2. The predicted octanol–water partition coefficient (Wildman–Crippen LogP) is -0.414. The van der Waals surface area contributed by atoms with Crippen LogP contribution in [0, 0.1) is 0 Å². The molecule has 0 spiro atoms. The number of primary amides is 1. The van der Waals surface area contributed by atoms with Gasteiger partial charge in [0.2, 0.25) is 5.91 Å². The number of hydrazine groups is 1. The number of amides is 1. The highest BCUT2D eigenvalue weighted by atomic mass is 16.5. The van der Waals surface area contributed by atoms with Gasteiger partial charge in [-0.2, -0.15) is 0 Å². The summed E-state index contributed by atoms with van der Waals surface area (Å²) in [5, 5.41) is 2.96. The fraction of sp³-hybridized carbons (Fsp3) is 0.500. The summed E-state index contributed by atoms with van der Waals surface area (Å²) in [6.07, 6.45) is 0.232. The first-order chi connectivity index (χ1) is 8.65. The third-order valence-corrected chi connectivity index (χ3v) is 2.03. The molecule has 0 aromatic carbocycles. The summed E-state index contributed by atoms with van der Waals surface area (Å²) in [6, 6.07) is 1.64. The second-order valence-electron chi connectivity index (χ2n) is 3.48. The van der Waals surface area contributed by atoms with Gasteiger partial charge in [0.1, 0.15) is 18.2 Å². The molecule has 0 bridgehead atoms. The molecular formula is C10H18N6O2. The Morgan fingerprint density at radius 2 is 2.17 bits per heavy atom. The van der Waals surface area contributed by atoms with Crippen molar-refractivity contribution in [1.82, 2.24) is 9.97 Å². The number of anilines is 2. The Morgan fingerprint density at radius 1 is 1.44 bits per heavy atom. The summed E-state index contributed by atoms with van der Waals surface area (Å²) >= 11 is 0. The molecule has 8 heteroatoms. The molecule has 1 heterocycles. The number of nitrogens with zero attached hydrogens (tertiary/aromatic N) is 2. The summed E-state index contributed by atoms with van der Waals surface area (Å²) in [6.45, 7) is 3.17. The van der Waals surface area contributed by atoms with Gasteiger partial charge in [-0.15, -0.1) is 0 Å². The van der Waals surface area contributed by atoms with Crippen LogP contribution in [0.1, 0.15) is 19.2 Å². The maximum Gasteiger partial charge on any atom is 0.219 e. The zero-order valence-electron chi connectivity index (χ0n) is 10.3. The van der Waals surface area contributed by atoms with Gasteiger partial charge in [-0.3, -0.25) is 4.79 Å². The maximum atomic E-state index is 10.6. The molecule has 8 nitrogen and oxygen atoms in total. The summed E-state index contributed by atoms with van der Waals surface area (Å²) < 4.78 is 5.22. The summed E-state index contributed by atoms with van der Waals surface area (Å²) in [5.41, 5.74) is 7.49. The van der Waals surface area contributed by atoms with Gasteiger partial charge in [0.05, 0.1) is 0 Å². The Hall–Kier alpha value is -1.93. The van der Waals surface area contributed by atoms with Gasteiger partial charge >= 0.3 is 0 Å². The molecule has 0 aliphatic rings. The topological polar surface area (TPSA) is 128 Å². The lowest BCUT2D eigenvalue weighted by molar-refractivity contribution is -0.117. The van der Waals surface area contributed by atoms with E-state index in [-0.39, 0.29) is 12.3 Å². The first kappa shape index (κ1) is 14.1. The number of aromatic nitrogens is 2. The third-order valence-electron chi connectivity index (χ3n) is 2.03. The van der Waals surface area contributed by atoms with Crippen LogP contribution < -0.4 is 22.3 Å². The highest BCUT2D eigenvalue weighted by Gasteiger charge is 2.04. The number of ether oxygens (including phenoxy) is 1. The van der Waals surface area contributed by atoms with Crippen LogP contribution in [0.2, 0.25) is 0 Å². The van der Waals surface area contributed by atoms with Crippen LogP contribution in [0.15, 0.2) is 6.07 Å². The van der Waals surface area contributed by atoms with Gasteiger partial charge < -0.3 is 21.2 Å². The molecule has 0 aliphatic carbocycles. The van der Waals surface area contributed by atoms with Crippen molar-refractivity contribution in [2.24, 2.45) is 11.6 Å². The Bertz CT molecular complexity index is 398. The normalized spacial score (nSPS) is 10.1. The highest BCUT2D eigenvalue weighted by molar-refractivity contribution is 5.74. The first-order valence-corrected chi connectivity index (χ1v) is 5.60. The number of carbonyl (C=O) groups is 1. The molecule has 0 saturated heterocycles. The zero-order valence-corrected chi connectivity index (χ0v) is 10.3. The van der Waals surface area contributed by atoms with Crippen molar-refractivity contribution in [3.05, 3.63) is 11.9 Å². The number of nitrogens with one attached hydrogen (secondary N) is 2. The second-order valence-corrected chi connectivity index (χ2v) is 3.48. The van der Waals surface area contributed by atoms with Crippen LogP contribution in [-0.2, 0) is 16.1 Å². The van der Waals surface area contributed by atoms with E-state index in [0.717, 1.165) is 0 Å². The lowest BCUT2D eigenvalue weighted by Crippen LogP contribution is -2.17. The molecule has 0 atom stereocenters. The molecular weight excluding hydrogens is 236 g/mol. The Balaban J connectivity index is 2.67. The van der Waals surface area contributed by atoms with Gasteiger partial charge in [0, 0.05) is 25.6 Å². The van der Waals surface area contributed by atoms with Gasteiger partial charge in [0.15, 0.2) is 5.82 Å². The largest absolute Gasteiger partial charge is 0.374 e. The van der Waals surface area contributed by atoms with E-state index < -0.39 is 0 Å². The quantitative estimate of drug-likeness (QED) is 0.366. The lowest BCUT2D eigenvalue weighted by atomic mass is 10.4. The molecule has 18 heavy (non-hydrogen) atoms. The summed E-state index contributed by atoms with van der Waals surface area (Å²) in [5.74, 6) is 6.48. The summed E-state index contributed by atoms with van der Waals surface area (Å²) in [7, 11) is 0. The SMILES string of the molecule is CCOCc1nc(NN)cc(NCCC(N)=O)n1. The lowest BCUT2D eigenvalue weighted by Gasteiger charge is -2.09. The molecule has 0 aliphatic heterocycles. The molecule has 6 N–H and O–H groups in total. The van der Waals surface area contributed by atoms with Crippen LogP contribution in [0.3, 0.4) is 0 Å². The van der Waals surface area contributed by atoms with Crippen molar-refractivity contribution < 1.29 is 9.53 Å². The van der Waals surface area contributed by atoms with E-state index in [9.17, 15) is 4.79 Å². The molecule has 0 saturated carbocycles. The second kappa shape index (κ2) is 7.41. The molecule has 100 valence electrons. The van der Waals surface area contributed by atoms with Crippen LogP contribution >= 0.6 is 0 Å². The van der Waals surface area contributed by atoms with Crippen molar-refractivity contribution in [2.75, 3.05) is 23.9 Å². The molecule has 0 fully saturated rings. The van der Waals surface area contributed by atoms with Crippen molar-refractivity contribution in [1.29, 1.82) is 0 Å². The van der Waals surface area contributed by atoms with E-state index in [2.05, 4.69) is 20.7 Å². The van der Waals surface area contributed by atoms with E-state index in [1.54, 1.807) is 6.07 Å². The third kappa shape index (κ3) is 4.93. The minimum Gasteiger partial charge on any atom is -0.374 e. The van der Waals surface area contributed by atoms with Gasteiger partial charge in [-0.05, 0) is 6.92 Å². The molecule has 0 radical (unpaired) electrons. The van der Waals surface area contributed by atoms with Crippen LogP contribution in [0.4, 0.5) is 11.6 Å². The van der Waals surface area contributed by atoms with Crippen molar-refractivity contribution >= 4 is 17.5 Å². The van der Waals surface area contributed by atoms with E-state index in [0.29, 0.717) is 37.2 Å². The van der Waals surface area contributed by atoms with Gasteiger partial charge in [-0.1, -0.05) is 0 Å². The predicted molar refractivity (Wildman–Crippen MR) is 67.5 cm³/mol. The van der Waals surface area contributed by atoms with Crippen LogP contribution in [0.25, 0.3) is 0 Å². The number of hydrogen-bond donors (Lipinski definition) is 4. The first-order valence-electron chi connectivity index (χ1n) is 5.60. The average molecular weight is 254 g/mol. The van der Waals surface area contributed by atoms with Crippen LogP contribution in [-0.4, -0.2) is 29.0 Å². The number of nitrogen functional groups attached to an aromatic ring is 1. The van der Waals surface area contributed by atoms with E-state index >= 15 is 0 Å². The molecule has 0 unspecified atom stereocenters. The Morgan fingerprint density at radius 3 is 2.78 bits per heavy atom. The fourth-order valence-electron chi connectivity index (χ4n) is 1.23. The minimum absolute atomic E-state index is 0.232.